The molecule has 0 aromatic heterocycles. The van der Waals surface area contributed by atoms with Crippen LogP contribution in [0.1, 0.15) is 80.9 Å². The van der Waals surface area contributed by atoms with Gasteiger partial charge < -0.3 is 4.74 Å². The van der Waals surface area contributed by atoms with Crippen molar-refractivity contribution in [1.29, 1.82) is 0 Å². The van der Waals surface area contributed by atoms with Crippen LogP contribution in [0.4, 0.5) is 13.2 Å². The molecule has 0 saturated heterocycles. The minimum Gasteiger partial charge on any atom is -0.486 e. The maximum Gasteiger partial charge on any atom is 0.201 e. The molecular formula is C32H35F3O. The summed E-state index contributed by atoms with van der Waals surface area (Å²) in [5.41, 5.74) is 1.06. The zero-order valence-electron chi connectivity index (χ0n) is 21.0. The van der Waals surface area contributed by atoms with Crippen molar-refractivity contribution in [2.45, 2.75) is 64.2 Å². The summed E-state index contributed by atoms with van der Waals surface area (Å²) in [5, 5.41) is 0. The molecule has 0 heterocycles. The third kappa shape index (κ3) is 6.25. The van der Waals surface area contributed by atoms with Crippen molar-refractivity contribution in [1.82, 2.24) is 0 Å². The van der Waals surface area contributed by atoms with Crippen LogP contribution in [0.2, 0.25) is 0 Å². The molecule has 2 aliphatic rings. The van der Waals surface area contributed by atoms with Gasteiger partial charge in [0.15, 0.2) is 11.6 Å². The Morgan fingerprint density at radius 2 is 1.69 bits per heavy atom. The molecule has 2 saturated carbocycles. The van der Waals surface area contributed by atoms with E-state index in [-0.39, 0.29) is 23.5 Å². The quantitative estimate of drug-likeness (QED) is 0.277. The zero-order chi connectivity index (χ0) is 25.5. The van der Waals surface area contributed by atoms with Gasteiger partial charge >= 0.3 is 0 Å². The van der Waals surface area contributed by atoms with Crippen LogP contribution < -0.4 is 4.74 Å². The maximum atomic E-state index is 14.9. The first-order valence-corrected chi connectivity index (χ1v) is 13.1. The molecular weight excluding hydrogens is 457 g/mol. The van der Waals surface area contributed by atoms with Gasteiger partial charge in [-0.25, -0.2) is 8.78 Å². The third-order valence-electron chi connectivity index (χ3n) is 7.90. The molecule has 0 aliphatic heterocycles. The number of rotatable bonds is 7. The lowest BCUT2D eigenvalue weighted by Crippen LogP contribution is -2.30. The second-order valence-corrected chi connectivity index (χ2v) is 10.2. The first-order chi connectivity index (χ1) is 17.5. The van der Waals surface area contributed by atoms with Crippen molar-refractivity contribution in [3.8, 4) is 17.6 Å². The number of fused-ring (bicyclic) bond motifs is 1. The second kappa shape index (κ2) is 12.3. The van der Waals surface area contributed by atoms with Gasteiger partial charge in [-0.05, 0) is 105 Å². The van der Waals surface area contributed by atoms with E-state index < -0.39 is 17.5 Å². The van der Waals surface area contributed by atoms with E-state index in [4.69, 9.17) is 4.74 Å². The van der Waals surface area contributed by atoms with Crippen LogP contribution in [0.5, 0.6) is 5.75 Å². The van der Waals surface area contributed by atoms with Gasteiger partial charge in [0.05, 0.1) is 11.1 Å². The topological polar surface area (TPSA) is 9.23 Å². The Kier molecular flexibility index (Phi) is 8.97. The number of halogens is 3. The van der Waals surface area contributed by atoms with E-state index in [1.165, 1.54) is 56.7 Å². The largest absolute Gasteiger partial charge is 0.486 e. The van der Waals surface area contributed by atoms with Crippen molar-refractivity contribution in [3.05, 3.63) is 89.3 Å². The van der Waals surface area contributed by atoms with Crippen LogP contribution in [-0.4, -0.2) is 6.61 Å². The average molecular weight is 493 g/mol. The molecule has 0 spiro atoms. The Bertz CT molecular complexity index is 1160. The molecule has 2 aliphatic carbocycles. The molecule has 4 atom stereocenters. The maximum absolute atomic E-state index is 14.9. The lowest BCUT2D eigenvalue weighted by Gasteiger charge is -2.42. The summed E-state index contributed by atoms with van der Waals surface area (Å²) >= 11 is 0. The SMILES string of the molecule is C=CCOc1ccc(C#Cc2ccc(C3CCC4CC(CC/C=C/C)CCC4C3)cc2F)c(F)c1F. The number of benzene rings is 2. The molecule has 0 N–H and O–H groups in total. The summed E-state index contributed by atoms with van der Waals surface area (Å²) in [4.78, 5) is 0. The summed E-state index contributed by atoms with van der Waals surface area (Å²) in [7, 11) is 0. The molecule has 36 heavy (non-hydrogen) atoms. The Balaban J connectivity index is 1.39. The highest BCUT2D eigenvalue weighted by atomic mass is 19.2. The molecule has 2 aromatic rings. The summed E-state index contributed by atoms with van der Waals surface area (Å²) in [5.74, 6) is 5.17. The molecule has 4 unspecified atom stereocenters. The van der Waals surface area contributed by atoms with Crippen molar-refractivity contribution < 1.29 is 17.9 Å². The minimum absolute atomic E-state index is 0.0682. The van der Waals surface area contributed by atoms with Crippen LogP contribution in [-0.2, 0) is 0 Å². The molecule has 0 amide bonds. The normalized spacial score (nSPS) is 23.6. The van der Waals surface area contributed by atoms with Gasteiger partial charge in [-0.2, -0.15) is 4.39 Å². The summed E-state index contributed by atoms with van der Waals surface area (Å²) < 4.78 is 48.5. The Morgan fingerprint density at radius 3 is 2.47 bits per heavy atom. The van der Waals surface area contributed by atoms with Crippen LogP contribution in [0, 0.1) is 47.0 Å². The molecule has 2 fully saturated rings. The van der Waals surface area contributed by atoms with E-state index in [0.717, 1.165) is 36.2 Å². The average Bonchev–Trinajstić information content (AvgIpc) is 2.89. The van der Waals surface area contributed by atoms with Gasteiger partial charge in [0.25, 0.3) is 0 Å². The lowest BCUT2D eigenvalue weighted by atomic mass is 9.63. The molecule has 0 bridgehead atoms. The van der Waals surface area contributed by atoms with Gasteiger partial charge in [-0.1, -0.05) is 49.1 Å². The van der Waals surface area contributed by atoms with E-state index in [1.807, 2.05) is 6.07 Å². The van der Waals surface area contributed by atoms with E-state index in [1.54, 1.807) is 12.1 Å². The fourth-order valence-corrected chi connectivity index (χ4v) is 5.96. The standard InChI is InChI=1S/C32H35F3O/c1-3-5-6-7-22-8-9-26-20-27(15-14-25(26)19-22)28-13-11-23(29(33)21-28)10-12-24-16-17-30(36-18-4-2)32(35)31(24)34/h3-5,11,13,16-17,21-22,25-27H,2,6-9,14-15,18-20H2,1H3/b5-3+. The van der Waals surface area contributed by atoms with E-state index in [9.17, 15) is 13.2 Å². The first-order valence-electron chi connectivity index (χ1n) is 13.1. The van der Waals surface area contributed by atoms with Crippen molar-refractivity contribution in [2.24, 2.45) is 17.8 Å². The van der Waals surface area contributed by atoms with Crippen LogP contribution in [0.25, 0.3) is 0 Å². The smallest absolute Gasteiger partial charge is 0.201 e. The van der Waals surface area contributed by atoms with Gasteiger partial charge in [0.2, 0.25) is 5.82 Å². The summed E-state index contributed by atoms with van der Waals surface area (Å²) in [6.07, 6.45) is 15.7. The highest BCUT2D eigenvalue weighted by molar-refractivity contribution is 5.47. The van der Waals surface area contributed by atoms with Crippen molar-refractivity contribution >= 4 is 0 Å². The van der Waals surface area contributed by atoms with Gasteiger partial charge in [-0.3, -0.25) is 0 Å². The minimum atomic E-state index is -1.11. The highest BCUT2D eigenvalue weighted by Gasteiger charge is 2.35. The summed E-state index contributed by atoms with van der Waals surface area (Å²) in [6, 6.07) is 7.85. The second-order valence-electron chi connectivity index (χ2n) is 10.2. The zero-order valence-corrected chi connectivity index (χ0v) is 21.0. The molecule has 1 nitrogen and oxygen atoms in total. The molecule has 2 aromatic carbocycles. The molecule has 4 heteroatoms. The Hall–Kier alpha value is -2.93. The predicted octanol–water partition coefficient (Wildman–Crippen LogP) is 8.72. The van der Waals surface area contributed by atoms with Gasteiger partial charge in [-0.15, -0.1) is 0 Å². The monoisotopic (exact) mass is 492 g/mol. The molecule has 190 valence electrons. The van der Waals surface area contributed by atoms with E-state index in [0.29, 0.717) is 5.92 Å². The number of ether oxygens (including phenoxy) is 1. The van der Waals surface area contributed by atoms with Crippen LogP contribution >= 0.6 is 0 Å². The highest BCUT2D eigenvalue weighted by Crippen LogP contribution is 2.48. The predicted molar refractivity (Wildman–Crippen MR) is 139 cm³/mol. The Morgan fingerprint density at radius 1 is 0.944 bits per heavy atom. The molecule has 4 rings (SSSR count). The lowest BCUT2D eigenvalue weighted by molar-refractivity contribution is 0.115. The number of hydrogen-bond donors (Lipinski definition) is 0. The van der Waals surface area contributed by atoms with E-state index >= 15 is 0 Å². The van der Waals surface area contributed by atoms with Crippen molar-refractivity contribution in [2.75, 3.05) is 6.61 Å². The van der Waals surface area contributed by atoms with Gasteiger partial charge in [0, 0.05) is 0 Å². The van der Waals surface area contributed by atoms with Crippen LogP contribution in [0.15, 0.2) is 55.1 Å². The molecule has 0 radical (unpaired) electrons. The van der Waals surface area contributed by atoms with Gasteiger partial charge in [0.1, 0.15) is 12.4 Å². The Labute approximate surface area is 213 Å². The first kappa shape index (κ1) is 26.1. The van der Waals surface area contributed by atoms with Crippen molar-refractivity contribution in [3.63, 3.8) is 0 Å². The van der Waals surface area contributed by atoms with Crippen LogP contribution in [0.3, 0.4) is 0 Å². The fraction of sp³-hybridized carbons (Fsp3) is 0.438. The number of hydrogen-bond acceptors (Lipinski definition) is 1. The summed E-state index contributed by atoms with van der Waals surface area (Å²) in [6.45, 7) is 5.64. The third-order valence-corrected chi connectivity index (χ3v) is 7.90. The van der Waals surface area contributed by atoms with E-state index in [2.05, 4.69) is 37.5 Å². The number of allylic oxidation sites excluding steroid dienone is 2. The fourth-order valence-electron chi connectivity index (χ4n) is 5.96.